The summed E-state index contributed by atoms with van der Waals surface area (Å²) >= 11 is 1.12. The molecule has 0 spiro atoms. The van der Waals surface area contributed by atoms with Gasteiger partial charge >= 0.3 is 5.97 Å². The zero-order chi connectivity index (χ0) is 24.6. The Morgan fingerprint density at radius 2 is 1.86 bits per heavy atom. The number of halogens is 1. The highest BCUT2D eigenvalue weighted by molar-refractivity contribution is 8.15. The molecule has 0 aromatic heterocycles. The molecule has 1 atom stereocenters. The maximum Gasteiger partial charge on any atom is 0.343 e. The SMILES string of the molecule is O=C(CC1S/C(=N/N=Cc2cccc(OC(=O)c3cccc(F)c3)c2)NC1=O)Nc1ccccc1. The van der Waals surface area contributed by atoms with Gasteiger partial charge in [-0.3, -0.25) is 9.59 Å². The monoisotopic (exact) mass is 490 g/mol. The van der Waals surface area contributed by atoms with Crippen LogP contribution in [0.3, 0.4) is 0 Å². The fourth-order valence-electron chi connectivity index (χ4n) is 3.08. The number of anilines is 1. The molecule has 10 heteroatoms. The molecule has 176 valence electrons. The van der Waals surface area contributed by atoms with Crippen molar-refractivity contribution in [3.8, 4) is 5.75 Å². The van der Waals surface area contributed by atoms with Crippen molar-refractivity contribution >= 4 is 46.6 Å². The molecule has 8 nitrogen and oxygen atoms in total. The second-order valence-electron chi connectivity index (χ2n) is 7.34. The third-order valence-corrected chi connectivity index (χ3v) is 5.76. The molecule has 35 heavy (non-hydrogen) atoms. The van der Waals surface area contributed by atoms with Crippen LogP contribution in [0.2, 0.25) is 0 Å². The number of rotatable bonds is 7. The van der Waals surface area contributed by atoms with Gasteiger partial charge in [-0.15, -0.1) is 5.10 Å². The summed E-state index contributed by atoms with van der Waals surface area (Å²) in [7, 11) is 0. The summed E-state index contributed by atoms with van der Waals surface area (Å²) < 4.78 is 18.6. The second kappa shape index (κ2) is 11.2. The number of amidine groups is 1. The number of thioether (sulfide) groups is 1. The van der Waals surface area contributed by atoms with E-state index in [9.17, 15) is 18.8 Å². The van der Waals surface area contributed by atoms with Gasteiger partial charge in [0.2, 0.25) is 11.8 Å². The molecular weight excluding hydrogens is 471 g/mol. The van der Waals surface area contributed by atoms with Gasteiger partial charge in [0.1, 0.15) is 16.8 Å². The summed E-state index contributed by atoms with van der Waals surface area (Å²) in [5.41, 5.74) is 1.34. The maximum atomic E-state index is 13.3. The van der Waals surface area contributed by atoms with E-state index in [1.165, 1.54) is 24.4 Å². The average molecular weight is 491 g/mol. The van der Waals surface area contributed by atoms with Crippen LogP contribution in [0.1, 0.15) is 22.3 Å². The molecule has 1 heterocycles. The summed E-state index contributed by atoms with van der Waals surface area (Å²) in [6, 6.07) is 20.7. The molecule has 1 unspecified atom stereocenters. The normalized spacial score (nSPS) is 16.3. The largest absolute Gasteiger partial charge is 0.423 e. The molecule has 1 aliphatic heterocycles. The zero-order valence-electron chi connectivity index (χ0n) is 18.2. The van der Waals surface area contributed by atoms with Crippen molar-refractivity contribution < 1.29 is 23.5 Å². The first-order chi connectivity index (χ1) is 17.0. The van der Waals surface area contributed by atoms with Crippen molar-refractivity contribution in [1.82, 2.24) is 5.32 Å². The van der Waals surface area contributed by atoms with Crippen molar-refractivity contribution in [2.75, 3.05) is 5.32 Å². The van der Waals surface area contributed by atoms with Crippen molar-refractivity contribution in [1.29, 1.82) is 0 Å². The third kappa shape index (κ3) is 6.84. The summed E-state index contributed by atoms with van der Waals surface area (Å²) in [4.78, 5) is 36.6. The van der Waals surface area contributed by atoms with Crippen molar-refractivity contribution in [2.45, 2.75) is 11.7 Å². The highest BCUT2D eigenvalue weighted by atomic mass is 32.2. The van der Waals surface area contributed by atoms with Gasteiger partial charge in [-0.1, -0.05) is 48.2 Å². The lowest BCUT2D eigenvalue weighted by Gasteiger charge is -2.06. The molecule has 0 radical (unpaired) electrons. The molecular formula is C25H19FN4O4S. The van der Waals surface area contributed by atoms with Gasteiger partial charge in [-0.05, 0) is 48.0 Å². The second-order valence-corrected chi connectivity index (χ2v) is 8.53. The number of nitrogens with one attached hydrogen (secondary N) is 2. The maximum absolute atomic E-state index is 13.3. The number of ether oxygens (including phenoxy) is 1. The fourth-order valence-corrected chi connectivity index (χ4v) is 4.00. The lowest BCUT2D eigenvalue weighted by molar-refractivity contribution is -0.122. The van der Waals surface area contributed by atoms with Crippen LogP contribution in [0.25, 0.3) is 0 Å². The Hall–Kier alpha value is -4.31. The minimum Gasteiger partial charge on any atom is -0.423 e. The van der Waals surface area contributed by atoms with Crippen molar-refractivity contribution in [3.63, 3.8) is 0 Å². The van der Waals surface area contributed by atoms with Gasteiger partial charge in [-0.2, -0.15) is 5.10 Å². The Bertz CT molecular complexity index is 1310. The molecule has 1 saturated heterocycles. The molecule has 3 aromatic carbocycles. The van der Waals surface area contributed by atoms with E-state index in [2.05, 4.69) is 20.8 Å². The number of carbonyl (C=O) groups is 3. The minimum atomic E-state index is -0.689. The minimum absolute atomic E-state index is 0.00709. The van der Waals surface area contributed by atoms with Crippen LogP contribution in [0.4, 0.5) is 10.1 Å². The van der Waals surface area contributed by atoms with Gasteiger partial charge in [0.05, 0.1) is 11.8 Å². The summed E-state index contributed by atoms with van der Waals surface area (Å²) in [6.07, 6.45) is 1.42. The van der Waals surface area contributed by atoms with Crippen LogP contribution in [-0.2, 0) is 9.59 Å². The quantitative estimate of drug-likeness (QED) is 0.225. The lowest BCUT2D eigenvalue weighted by Crippen LogP contribution is -2.28. The van der Waals surface area contributed by atoms with Gasteiger partial charge in [0.25, 0.3) is 0 Å². The van der Waals surface area contributed by atoms with Gasteiger partial charge in [-0.25, -0.2) is 9.18 Å². The van der Waals surface area contributed by atoms with E-state index in [-0.39, 0.29) is 34.7 Å². The summed E-state index contributed by atoms with van der Waals surface area (Å²) in [5.74, 6) is -1.57. The lowest BCUT2D eigenvalue weighted by atomic mass is 10.2. The third-order valence-electron chi connectivity index (χ3n) is 4.69. The molecule has 4 rings (SSSR count). The average Bonchev–Trinajstić information content (AvgIpc) is 3.18. The highest BCUT2D eigenvalue weighted by Gasteiger charge is 2.32. The van der Waals surface area contributed by atoms with Gasteiger partial charge < -0.3 is 15.4 Å². The number of hydrogen-bond donors (Lipinski definition) is 2. The first-order valence-corrected chi connectivity index (χ1v) is 11.4. The number of carbonyl (C=O) groups excluding carboxylic acids is 3. The number of esters is 1. The molecule has 1 aliphatic rings. The van der Waals surface area contributed by atoms with E-state index in [1.54, 1.807) is 48.5 Å². The zero-order valence-corrected chi connectivity index (χ0v) is 19.0. The smallest absolute Gasteiger partial charge is 0.343 e. The molecule has 3 aromatic rings. The standard InChI is InChI=1S/C25H19FN4O4S/c26-18-8-5-7-17(13-18)24(33)34-20-11-4-6-16(12-20)15-27-30-25-29-23(32)21(35-25)14-22(31)28-19-9-2-1-3-10-19/h1-13,15,21H,14H2,(H,28,31)(H,29,30,32). The molecule has 0 aliphatic carbocycles. The van der Waals surface area contributed by atoms with Gasteiger partial charge in [0.15, 0.2) is 5.17 Å². The van der Waals surface area contributed by atoms with Crippen LogP contribution in [0, 0.1) is 5.82 Å². The van der Waals surface area contributed by atoms with E-state index >= 15 is 0 Å². The van der Waals surface area contributed by atoms with Gasteiger partial charge in [0, 0.05) is 12.1 Å². The van der Waals surface area contributed by atoms with E-state index in [4.69, 9.17) is 4.74 Å². The Labute approximate surface area is 204 Å². The topological polar surface area (TPSA) is 109 Å². The van der Waals surface area contributed by atoms with Crippen LogP contribution in [-0.4, -0.2) is 34.4 Å². The molecule has 0 saturated carbocycles. The Morgan fingerprint density at radius 1 is 1.06 bits per heavy atom. The molecule has 1 fully saturated rings. The fraction of sp³-hybridized carbons (Fsp3) is 0.0800. The van der Waals surface area contributed by atoms with E-state index in [0.29, 0.717) is 11.3 Å². The highest BCUT2D eigenvalue weighted by Crippen LogP contribution is 2.23. The molecule has 2 amide bonds. The summed E-state index contributed by atoms with van der Waals surface area (Å²) in [5, 5.41) is 13.0. The predicted octanol–water partition coefficient (Wildman–Crippen LogP) is 4.00. The Balaban J connectivity index is 1.32. The van der Waals surface area contributed by atoms with E-state index in [1.807, 2.05) is 6.07 Å². The van der Waals surface area contributed by atoms with Crippen molar-refractivity contribution in [3.05, 3.63) is 95.8 Å². The number of hydrogen-bond acceptors (Lipinski definition) is 7. The first kappa shape index (κ1) is 23.8. The van der Waals surface area contributed by atoms with Crippen molar-refractivity contribution in [2.24, 2.45) is 10.2 Å². The number of para-hydroxylation sites is 1. The predicted molar refractivity (Wildman–Crippen MR) is 132 cm³/mol. The summed E-state index contributed by atoms with van der Waals surface area (Å²) in [6.45, 7) is 0. The van der Waals surface area contributed by atoms with Crippen LogP contribution in [0.5, 0.6) is 5.75 Å². The first-order valence-electron chi connectivity index (χ1n) is 10.5. The number of amides is 2. The van der Waals surface area contributed by atoms with Crippen LogP contribution >= 0.6 is 11.8 Å². The van der Waals surface area contributed by atoms with E-state index < -0.39 is 17.0 Å². The Kier molecular flexibility index (Phi) is 7.63. The van der Waals surface area contributed by atoms with Crippen LogP contribution < -0.4 is 15.4 Å². The Morgan fingerprint density at radius 3 is 2.66 bits per heavy atom. The number of benzene rings is 3. The number of nitrogens with zero attached hydrogens (tertiary/aromatic N) is 2. The van der Waals surface area contributed by atoms with Crippen LogP contribution in [0.15, 0.2) is 89.1 Å². The molecule has 0 bridgehead atoms. The molecule has 2 N–H and O–H groups in total. The van der Waals surface area contributed by atoms with E-state index in [0.717, 1.165) is 17.8 Å².